The van der Waals surface area contributed by atoms with Crippen LogP contribution in [0.5, 0.6) is 11.5 Å². The van der Waals surface area contributed by atoms with E-state index in [1.807, 2.05) is 13.1 Å². The molecule has 4 nitrogen and oxygen atoms in total. The lowest BCUT2D eigenvalue weighted by atomic mass is 9.93. The van der Waals surface area contributed by atoms with E-state index in [0.717, 1.165) is 17.9 Å². The fourth-order valence-corrected chi connectivity index (χ4v) is 1.96. The van der Waals surface area contributed by atoms with E-state index < -0.39 is 0 Å². The minimum atomic E-state index is 0.0727. The van der Waals surface area contributed by atoms with Crippen molar-refractivity contribution in [1.82, 2.24) is 4.90 Å². The van der Waals surface area contributed by atoms with Gasteiger partial charge in [-0.2, -0.15) is 0 Å². The molecule has 0 aromatic heterocycles. The standard InChI is InChI=1S/C14H24N2O2/c1-14(2,9-15)10-16(3)8-11-7-12(18-4)5-6-13(11)17/h5-7,17H,8-10,15H2,1-4H3. The van der Waals surface area contributed by atoms with Crippen LogP contribution in [0.1, 0.15) is 19.4 Å². The average molecular weight is 252 g/mol. The van der Waals surface area contributed by atoms with Crippen LogP contribution in [0.25, 0.3) is 0 Å². The number of nitrogens with zero attached hydrogens (tertiary/aromatic N) is 1. The van der Waals surface area contributed by atoms with Crippen molar-refractivity contribution < 1.29 is 9.84 Å². The van der Waals surface area contributed by atoms with Crippen LogP contribution in [0.15, 0.2) is 18.2 Å². The van der Waals surface area contributed by atoms with Crippen LogP contribution in [-0.4, -0.2) is 37.3 Å². The lowest BCUT2D eigenvalue weighted by molar-refractivity contribution is 0.208. The second-order valence-electron chi connectivity index (χ2n) is 5.54. The van der Waals surface area contributed by atoms with E-state index in [0.29, 0.717) is 18.8 Å². The van der Waals surface area contributed by atoms with Crippen molar-refractivity contribution >= 4 is 0 Å². The molecule has 102 valence electrons. The molecule has 0 fully saturated rings. The number of aromatic hydroxyl groups is 1. The van der Waals surface area contributed by atoms with Crippen molar-refractivity contribution in [2.45, 2.75) is 20.4 Å². The first kappa shape index (κ1) is 14.8. The van der Waals surface area contributed by atoms with Crippen LogP contribution in [0.2, 0.25) is 0 Å². The molecule has 0 amide bonds. The minimum absolute atomic E-state index is 0.0727. The Balaban J connectivity index is 2.72. The molecule has 4 heteroatoms. The molecule has 0 saturated carbocycles. The highest BCUT2D eigenvalue weighted by Crippen LogP contribution is 2.25. The normalized spacial score (nSPS) is 11.9. The first-order valence-electron chi connectivity index (χ1n) is 6.12. The Hall–Kier alpha value is -1.26. The van der Waals surface area contributed by atoms with Gasteiger partial charge in [0.05, 0.1) is 7.11 Å². The Morgan fingerprint density at radius 3 is 2.61 bits per heavy atom. The summed E-state index contributed by atoms with van der Waals surface area (Å²) in [5.74, 6) is 1.06. The first-order valence-corrected chi connectivity index (χ1v) is 6.12. The summed E-state index contributed by atoms with van der Waals surface area (Å²) in [6.45, 7) is 6.46. The highest BCUT2D eigenvalue weighted by atomic mass is 16.5. The van der Waals surface area contributed by atoms with E-state index in [1.165, 1.54) is 0 Å². The third-order valence-corrected chi connectivity index (χ3v) is 2.98. The van der Waals surface area contributed by atoms with Gasteiger partial charge in [0.15, 0.2) is 0 Å². The maximum absolute atomic E-state index is 9.83. The Morgan fingerprint density at radius 2 is 2.06 bits per heavy atom. The summed E-state index contributed by atoms with van der Waals surface area (Å²) < 4.78 is 5.16. The molecule has 1 rings (SSSR count). The predicted octanol–water partition coefficient (Wildman–Crippen LogP) is 1.82. The maximum Gasteiger partial charge on any atom is 0.120 e. The largest absolute Gasteiger partial charge is 0.508 e. The monoisotopic (exact) mass is 252 g/mol. The molecule has 3 N–H and O–H groups in total. The van der Waals surface area contributed by atoms with Gasteiger partial charge in [-0.05, 0) is 37.2 Å². The lowest BCUT2D eigenvalue weighted by Gasteiger charge is -2.29. The topological polar surface area (TPSA) is 58.7 Å². The molecule has 0 heterocycles. The quantitative estimate of drug-likeness (QED) is 0.811. The van der Waals surface area contributed by atoms with Crippen LogP contribution in [0.4, 0.5) is 0 Å². The Bertz CT molecular complexity index is 391. The fraction of sp³-hybridized carbons (Fsp3) is 0.571. The molecule has 0 aliphatic heterocycles. The molecule has 0 bridgehead atoms. The van der Waals surface area contributed by atoms with Gasteiger partial charge in [-0.1, -0.05) is 13.8 Å². The minimum Gasteiger partial charge on any atom is -0.508 e. The number of rotatable bonds is 6. The second kappa shape index (κ2) is 6.07. The van der Waals surface area contributed by atoms with Crippen molar-refractivity contribution in [2.75, 3.05) is 27.2 Å². The van der Waals surface area contributed by atoms with Gasteiger partial charge in [0, 0.05) is 18.7 Å². The molecular formula is C14H24N2O2. The van der Waals surface area contributed by atoms with Crippen molar-refractivity contribution in [3.05, 3.63) is 23.8 Å². The molecule has 1 aromatic rings. The summed E-state index contributed by atoms with van der Waals surface area (Å²) in [5, 5.41) is 9.83. The molecular weight excluding hydrogens is 228 g/mol. The number of hydrogen-bond acceptors (Lipinski definition) is 4. The van der Waals surface area contributed by atoms with Crippen LogP contribution >= 0.6 is 0 Å². The van der Waals surface area contributed by atoms with Crippen LogP contribution in [-0.2, 0) is 6.54 Å². The number of benzene rings is 1. The SMILES string of the molecule is COc1ccc(O)c(CN(C)CC(C)(C)CN)c1. The third kappa shape index (κ3) is 4.20. The molecule has 18 heavy (non-hydrogen) atoms. The Labute approximate surface area is 109 Å². The van der Waals surface area contributed by atoms with Crippen molar-refractivity contribution in [1.29, 1.82) is 0 Å². The van der Waals surface area contributed by atoms with E-state index in [2.05, 4.69) is 18.7 Å². The molecule has 0 spiro atoms. The molecule has 0 saturated heterocycles. The number of nitrogens with two attached hydrogens (primary N) is 1. The van der Waals surface area contributed by atoms with Gasteiger partial charge < -0.3 is 20.5 Å². The number of phenolic OH excluding ortho intramolecular Hbond substituents is 1. The summed E-state index contributed by atoms with van der Waals surface area (Å²) in [6.07, 6.45) is 0. The zero-order valence-electron chi connectivity index (χ0n) is 11.7. The van der Waals surface area contributed by atoms with E-state index in [-0.39, 0.29) is 5.41 Å². The van der Waals surface area contributed by atoms with Gasteiger partial charge in [0.1, 0.15) is 11.5 Å². The summed E-state index contributed by atoms with van der Waals surface area (Å²) in [6, 6.07) is 5.28. The summed E-state index contributed by atoms with van der Waals surface area (Å²) >= 11 is 0. The molecule has 0 radical (unpaired) electrons. The Morgan fingerprint density at radius 1 is 1.39 bits per heavy atom. The summed E-state index contributed by atoms with van der Waals surface area (Å²) in [5.41, 5.74) is 6.67. The molecule has 0 aliphatic rings. The zero-order chi connectivity index (χ0) is 13.8. The Kier molecular flexibility index (Phi) is 4.99. The second-order valence-corrected chi connectivity index (χ2v) is 5.54. The predicted molar refractivity (Wildman–Crippen MR) is 73.8 cm³/mol. The maximum atomic E-state index is 9.83. The zero-order valence-corrected chi connectivity index (χ0v) is 11.7. The number of phenols is 1. The molecule has 0 unspecified atom stereocenters. The van der Waals surface area contributed by atoms with Crippen molar-refractivity contribution in [3.63, 3.8) is 0 Å². The summed E-state index contributed by atoms with van der Waals surface area (Å²) in [4.78, 5) is 2.15. The van der Waals surface area contributed by atoms with E-state index in [9.17, 15) is 5.11 Å². The highest BCUT2D eigenvalue weighted by Gasteiger charge is 2.18. The van der Waals surface area contributed by atoms with Gasteiger partial charge >= 0.3 is 0 Å². The average Bonchev–Trinajstić information content (AvgIpc) is 2.31. The van der Waals surface area contributed by atoms with Crippen LogP contribution in [0.3, 0.4) is 0 Å². The van der Waals surface area contributed by atoms with E-state index in [4.69, 9.17) is 10.5 Å². The van der Waals surface area contributed by atoms with Crippen LogP contribution in [0, 0.1) is 5.41 Å². The van der Waals surface area contributed by atoms with E-state index >= 15 is 0 Å². The molecule has 1 aromatic carbocycles. The van der Waals surface area contributed by atoms with Crippen molar-refractivity contribution in [2.24, 2.45) is 11.1 Å². The highest BCUT2D eigenvalue weighted by molar-refractivity contribution is 5.39. The molecule has 0 atom stereocenters. The number of methoxy groups -OCH3 is 1. The van der Waals surface area contributed by atoms with E-state index in [1.54, 1.807) is 19.2 Å². The number of hydrogen-bond donors (Lipinski definition) is 2. The smallest absolute Gasteiger partial charge is 0.120 e. The van der Waals surface area contributed by atoms with Gasteiger partial charge in [0.25, 0.3) is 0 Å². The van der Waals surface area contributed by atoms with Crippen LogP contribution < -0.4 is 10.5 Å². The molecule has 0 aliphatic carbocycles. The van der Waals surface area contributed by atoms with Gasteiger partial charge in [0.2, 0.25) is 0 Å². The lowest BCUT2D eigenvalue weighted by Crippen LogP contribution is -2.36. The third-order valence-electron chi connectivity index (χ3n) is 2.98. The summed E-state index contributed by atoms with van der Waals surface area (Å²) in [7, 11) is 3.65. The van der Waals surface area contributed by atoms with Gasteiger partial charge in [-0.25, -0.2) is 0 Å². The number of ether oxygens (including phenoxy) is 1. The first-order chi connectivity index (χ1) is 8.38. The van der Waals surface area contributed by atoms with Gasteiger partial charge in [-0.15, -0.1) is 0 Å². The van der Waals surface area contributed by atoms with Gasteiger partial charge in [-0.3, -0.25) is 0 Å². The fourth-order valence-electron chi connectivity index (χ4n) is 1.96. The van der Waals surface area contributed by atoms with Crippen molar-refractivity contribution in [3.8, 4) is 11.5 Å².